The summed E-state index contributed by atoms with van der Waals surface area (Å²) in [6.45, 7) is 1.22. The van der Waals surface area contributed by atoms with Crippen LogP contribution >= 0.6 is 22.6 Å². The van der Waals surface area contributed by atoms with Crippen LogP contribution in [-0.4, -0.2) is 26.0 Å². The smallest absolute Gasteiger partial charge is 0.324 e. The molecule has 0 bridgehead atoms. The number of benzene rings is 2. The third-order valence-corrected chi connectivity index (χ3v) is 5.44. The molecule has 7 heteroatoms. The highest BCUT2D eigenvalue weighted by Gasteiger charge is 2.27. The minimum absolute atomic E-state index is 0.0678. The van der Waals surface area contributed by atoms with Crippen molar-refractivity contribution in [3.63, 3.8) is 0 Å². The number of carboxylic acid groups (broad SMARTS) is 1. The maximum atomic E-state index is 12.8. The van der Waals surface area contributed by atoms with Gasteiger partial charge >= 0.3 is 5.97 Å². The van der Waals surface area contributed by atoms with Crippen LogP contribution in [0.2, 0.25) is 0 Å². The lowest BCUT2D eigenvalue weighted by Crippen LogP contribution is -2.35. The summed E-state index contributed by atoms with van der Waals surface area (Å²) >= 11 is 2.05. The fourth-order valence-electron chi connectivity index (χ4n) is 1.91. The molecule has 116 valence electrons. The monoisotopic (exact) mass is 431 g/mol. The van der Waals surface area contributed by atoms with Gasteiger partial charge in [-0.2, -0.15) is 0 Å². The molecule has 22 heavy (non-hydrogen) atoms. The summed E-state index contributed by atoms with van der Waals surface area (Å²) in [5, 5.41) is 9.06. The molecule has 0 saturated heterocycles. The van der Waals surface area contributed by atoms with Crippen LogP contribution in [0.4, 0.5) is 5.69 Å². The first-order chi connectivity index (χ1) is 10.3. The molecule has 0 atom stereocenters. The minimum atomic E-state index is -3.93. The van der Waals surface area contributed by atoms with Crippen LogP contribution in [0.25, 0.3) is 0 Å². The molecule has 0 fully saturated rings. The summed E-state index contributed by atoms with van der Waals surface area (Å²) in [6.07, 6.45) is 0. The number of anilines is 1. The number of carbonyl (C=O) groups is 1. The molecule has 0 aromatic heterocycles. The second kappa shape index (κ2) is 6.66. The predicted molar refractivity (Wildman–Crippen MR) is 92.5 cm³/mol. The molecular weight excluding hydrogens is 417 g/mol. The normalized spacial score (nSPS) is 11.2. The van der Waals surface area contributed by atoms with Crippen molar-refractivity contribution in [2.75, 3.05) is 10.8 Å². The van der Waals surface area contributed by atoms with Gasteiger partial charge in [0.2, 0.25) is 0 Å². The number of carboxylic acids is 1. The van der Waals surface area contributed by atoms with Crippen molar-refractivity contribution in [3.8, 4) is 0 Å². The molecule has 0 saturated carbocycles. The first kappa shape index (κ1) is 16.8. The number of nitrogens with zero attached hydrogens (tertiary/aromatic N) is 1. The van der Waals surface area contributed by atoms with E-state index in [4.69, 9.17) is 5.11 Å². The van der Waals surface area contributed by atoms with Gasteiger partial charge in [0, 0.05) is 3.57 Å². The van der Waals surface area contributed by atoms with E-state index in [-0.39, 0.29) is 4.90 Å². The molecule has 2 rings (SSSR count). The van der Waals surface area contributed by atoms with Gasteiger partial charge < -0.3 is 5.11 Å². The van der Waals surface area contributed by atoms with E-state index >= 15 is 0 Å². The zero-order chi connectivity index (χ0) is 16.3. The highest BCUT2D eigenvalue weighted by Crippen LogP contribution is 2.25. The number of rotatable bonds is 5. The van der Waals surface area contributed by atoms with Crippen LogP contribution in [0, 0.1) is 10.5 Å². The van der Waals surface area contributed by atoms with Crippen molar-refractivity contribution in [2.45, 2.75) is 11.8 Å². The third kappa shape index (κ3) is 3.77. The molecule has 0 heterocycles. The second-order valence-electron chi connectivity index (χ2n) is 4.70. The molecule has 0 aliphatic rings. The Kier molecular flexibility index (Phi) is 5.07. The minimum Gasteiger partial charge on any atom is -0.480 e. The van der Waals surface area contributed by atoms with Crippen molar-refractivity contribution in [1.82, 2.24) is 0 Å². The van der Waals surface area contributed by atoms with Gasteiger partial charge in [-0.15, -0.1) is 0 Å². The quantitative estimate of drug-likeness (QED) is 0.739. The summed E-state index contributed by atoms with van der Waals surface area (Å²) in [6, 6.07) is 13.0. The van der Waals surface area contributed by atoms with E-state index in [9.17, 15) is 13.2 Å². The largest absolute Gasteiger partial charge is 0.480 e. The van der Waals surface area contributed by atoms with Crippen molar-refractivity contribution in [3.05, 3.63) is 57.7 Å². The van der Waals surface area contributed by atoms with E-state index in [0.29, 0.717) is 5.69 Å². The van der Waals surface area contributed by atoms with E-state index < -0.39 is 22.5 Å². The summed E-state index contributed by atoms with van der Waals surface area (Å²) in [7, 11) is -3.93. The van der Waals surface area contributed by atoms with Gasteiger partial charge in [-0.05, 0) is 59.8 Å². The summed E-state index contributed by atoms with van der Waals surface area (Å²) in [5.41, 5.74) is 1.26. The van der Waals surface area contributed by atoms with Crippen LogP contribution in [0.5, 0.6) is 0 Å². The van der Waals surface area contributed by atoms with Gasteiger partial charge in [-0.25, -0.2) is 8.42 Å². The first-order valence-corrected chi connectivity index (χ1v) is 8.89. The predicted octanol–water partition coefficient (Wildman–Crippen LogP) is 2.88. The lowest BCUT2D eigenvalue weighted by molar-refractivity contribution is -0.135. The number of aryl methyl sites for hydroxylation is 1. The van der Waals surface area contributed by atoms with E-state index in [1.807, 2.05) is 13.0 Å². The molecule has 5 nitrogen and oxygen atoms in total. The number of hydrogen-bond donors (Lipinski definition) is 1. The maximum Gasteiger partial charge on any atom is 0.324 e. The Bertz CT molecular complexity index is 787. The standard InChI is InChI=1S/C15H14INO4S/c1-11-5-7-14(8-6-11)22(20,21)17(10-15(18)19)13-4-2-3-12(16)9-13/h2-9H,10H2,1H3,(H,18,19). The van der Waals surface area contributed by atoms with Crippen LogP contribution in [0.3, 0.4) is 0 Å². The van der Waals surface area contributed by atoms with Gasteiger partial charge in [0.25, 0.3) is 10.0 Å². The summed E-state index contributed by atoms with van der Waals surface area (Å²) in [4.78, 5) is 11.2. The van der Waals surface area contributed by atoms with Gasteiger partial charge in [0.15, 0.2) is 0 Å². The van der Waals surface area contributed by atoms with Crippen LogP contribution in [-0.2, 0) is 14.8 Å². The molecule has 0 amide bonds. The van der Waals surface area contributed by atoms with Crippen LogP contribution < -0.4 is 4.31 Å². The van der Waals surface area contributed by atoms with E-state index in [0.717, 1.165) is 13.4 Å². The molecule has 1 N–H and O–H groups in total. The average molecular weight is 431 g/mol. The van der Waals surface area contributed by atoms with E-state index in [1.54, 1.807) is 30.3 Å². The van der Waals surface area contributed by atoms with Crippen LogP contribution in [0.1, 0.15) is 5.56 Å². The highest BCUT2D eigenvalue weighted by atomic mass is 127. The SMILES string of the molecule is Cc1ccc(S(=O)(=O)N(CC(=O)O)c2cccc(I)c2)cc1. The average Bonchev–Trinajstić information content (AvgIpc) is 2.45. The van der Waals surface area contributed by atoms with E-state index in [1.165, 1.54) is 12.1 Å². The molecule has 2 aromatic rings. The topological polar surface area (TPSA) is 74.7 Å². The maximum absolute atomic E-state index is 12.8. The second-order valence-corrected chi connectivity index (χ2v) is 7.81. The summed E-state index contributed by atoms with van der Waals surface area (Å²) in [5.74, 6) is -1.21. The van der Waals surface area contributed by atoms with Gasteiger partial charge in [0.1, 0.15) is 6.54 Å². The molecule has 2 aromatic carbocycles. The molecule has 0 aliphatic heterocycles. The van der Waals surface area contributed by atoms with Crippen molar-refractivity contribution in [1.29, 1.82) is 0 Å². The van der Waals surface area contributed by atoms with Crippen molar-refractivity contribution < 1.29 is 18.3 Å². The van der Waals surface area contributed by atoms with Crippen LogP contribution in [0.15, 0.2) is 53.4 Å². The fraction of sp³-hybridized carbons (Fsp3) is 0.133. The van der Waals surface area contributed by atoms with Gasteiger partial charge in [-0.3, -0.25) is 9.10 Å². The van der Waals surface area contributed by atoms with Gasteiger partial charge in [0.05, 0.1) is 10.6 Å². The molecule has 0 radical (unpaired) electrons. The van der Waals surface area contributed by atoms with Crippen molar-refractivity contribution in [2.24, 2.45) is 0 Å². The Morgan fingerprint density at radius 1 is 1.18 bits per heavy atom. The Hall–Kier alpha value is -1.61. The third-order valence-electron chi connectivity index (χ3n) is 2.98. The Morgan fingerprint density at radius 2 is 1.82 bits per heavy atom. The molecular formula is C15H14INO4S. The van der Waals surface area contributed by atoms with E-state index in [2.05, 4.69) is 22.6 Å². The number of hydrogen-bond acceptors (Lipinski definition) is 3. The Balaban J connectivity index is 2.53. The summed E-state index contributed by atoms with van der Waals surface area (Å²) < 4.78 is 27.2. The molecule has 0 unspecified atom stereocenters. The number of sulfonamides is 1. The van der Waals surface area contributed by atoms with Gasteiger partial charge in [-0.1, -0.05) is 23.8 Å². The number of aliphatic carboxylic acids is 1. The lowest BCUT2D eigenvalue weighted by Gasteiger charge is -2.23. The molecule has 0 aliphatic carbocycles. The number of halogens is 1. The lowest BCUT2D eigenvalue weighted by atomic mass is 10.2. The first-order valence-electron chi connectivity index (χ1n) is 6.37. The molecule has 0 spiro atoms. The zero-order valence-electron chi connectivity index (χ0n) is 11.7. The van der Waals surface area contributed by atoms with Crippen molar-refractivity contribution >= 4 is 44.3 Å². The fourth-order valence-corrected chi connectivity index (χ4v) is 3.84. The Morgan fingerprint density at radius 3 is 2.36 bits per heavy atom. The Labute approximate surface area is 142 Å². The zero-order valence-corrected chi connectivity index (χ0v) is 14.7. The highest BCUT2D eigenvalue weighted by molar-refractivity contribution is 14.1.